The van der Waals surface area contributed by atoms with Crippen LogP contribution in [0.2, 0.25) is 0 Å². The van der Waals surface area contributed by atoms with Gasteiger partial charge in [-0.3, -0.25) is 0 Å². The normalized spacial score (nSPS) is 10.0. The maximum Gasteiger partial charge on any atom is 0.0278 e. The zero-order valence-electron chi connectivity index (χ0n) is 5.68. The molecule has 0 N–H and O–H groups in total. The average Bonchev–Trinajstić information content (AvgIpc) is 2.18. The molecule has 0 aromatic carbocycles. The van der Waals surface area contributed by atoms with Crippen molar-refractivity contribution in [2.75, 3.05) is 6.26 Å². The van der Waals surface area contributed by atoms with Crippen molar-refractivity contribution in [2.24, 2.45) is 0 Å². The van der Waals surface area contributed by atoms with Gasteiger partial charge in [0.2, 0.25) is 0 Å². The van der Waals surface area contributed by atoms with Crippen LogP contribution in [0.15, 0.2) is 11.4 Å². The van der Waals surface area contributed by atoms with Gasteiger partial charge in [-0.05, 0) is 30.2 Å². The third kappa shape index (κ3) is 1.73. The first-order valence-corrected chi connectivity index (χ1v) is 5.14. The molecule has 1 heterocycles. The molecule has 1 aromatic rings. The smallest absolute Gasteiger partial charge is 0.0278 e. The first-order chi connectivity index (χ1) is 4.34. The summed E-state index contributed by atoms with van der Waals surface area (Å²) in [5.41, 5.74) is 1.44. The summed E-state index contributed by atoms with van der Waals surface area (Å²) in [6.07, 6.45) is 2.14. The second-order valence-electron chi connectivity index (χ2n) is 1.96. The lowest BCUT2D eigenvalue weighted by Gasteiger charge is -1.92. The number of hydrogen-bond donors (Lipinski definition) is 0. The standard InChI is InChI=1S/C7H10S2/c1-6-3-4-9-7(6)5-8-2/h3-4H,5H2,1-2H3. The van der Waals surface area contributed by atoms with E-state index in [9.17, 15) is 0 Å². The van der Waals surface area contributed by atoms with E-state index >= 15 is 0 Å². The van der Waals surface area contributed by atoms with Gasteiger partial charge in [0.05, 0.1) is 0 Å². The van der Waals surface area contributed by atoms with E-state index in [-0.39, 0.29) is 0 Å². The first-order valence-electron chi connectivity index (χ1n) is 2.86. The van der Waals surface area contributed by atoms with Gasteiger partial charge in [-0.2, -0.15) is 11.8 Å². The largest absolute Gasteiger partial charge is 0.160 e. The summed E-state index contributed by atoms with van der Waals surface area (Å²) in [6.45, 7) is 2.17. The molecule has 0 atom stereocenters. The molecule has 0 fully saturated rings. The second kappa shape index (κ2) is 3.28. The molecule has 0 saturated carbocycles. The maximum absolute atomic E-state index is 2.18. The van der Waals surface area contributed by atoms with E-state index in [2.05, 4.69) is 24.6 Å². The molecule has 0 saturated heterocycles. The maximum atomic E-state index is 2.18. The lowest BCUT2D eigenvalue weighted by molar-refractivity contribution is 1.41. The van der Waals surface area contributed by atoms with Crippen molar-refractivity contribution in [1.29, 1.82) is 0 Å². The van der Waals surface area contributed by atoms with Crippen LogP contribution in [0, 0.1) is 6.92 Å². The van der Waals surface area contributed by atoms with Crippen molar-refractivity contribution in [3.8, 4) is 0 Å². The van der Waals surface area contributed by atoms with E-state index in [1.165, 1.54) is 16.2 Å². The Kier molecular flexibility index (Phi) is 2.61. The number of rotatable bonds is 2. The fourth-order valence-electron chi connectivity index (χ4n) is 0.683. The minimum absolute atomic E-state index is 1.17. The van der Waals surface area contributed by atoms with Crippen LogP contribution in [0.4, 0.5) is 0 Å². The third-order valence-corrected chi connectivity index (χ3v) is 3.03. The summed E-state index contributed by atoms with van der Waals surface area (Å²) in [4.78, 5) is 1.52. The summed E-state index contributed by atoms with van der Waals surface area (Å²) in [5, 5.41) is 2.15. The zero-order chi connectivity index (χ0) is 6.69. The van der Waals surface area contributed by atoms with E-state index in [0.717, 1.165) is 0 Å². The quantitative estimate of drug-likeness (QED) is 0.637. The van der Waals surface area contributed by atoms with Gasteiger partial charge < -0.3 is 0 Å². The molecule has 0 bridgehead atoms. The predicted molar refractivity (Wildman–Crippen MR) is 46.3 cm³/mol. The van der Waals surface area contributed by atoms with Gasteiger partial charge in [0.25, 0.3) is 0 Å². The summed E-state index contributed by atoms with van der Waals surface area (Å²) in [5.74, 6) is 1.17. The molecular weight excluding hydrogens is 148 g/mol. The van der Waals surface area contributed by atoms with E-state index in [0.29, 0.717) is 0 Å². The van der Waals surface area contributed by atoms with Crippen LogP contribution in [0.3, 0.4) is 0 Å². The SMILES string of the molecule is CSCc1sccc1C. The van der Waals surface area contributed by atoms with Crippen molar-refractivity contribution in [1.82, 2.24) is 0 Å². The summed E-state index contributed by atoms with van der Waals surface area (Å²) >= 11 is 3.74. The van der Waals surface area contributed by atoms with Crippen LogP contribution in [0.25, 0.3) is 0 Å². The number of hydrogen-bond acceptors (Lipinski definition) is 2. The fraction of sp³-hybridized carbons (Fsp3) is 0.429. The Labute approximate surface area is 64.3 Å². The highest BCUT2D eigenvalue weighted by Gasteiger charge is 1.95. The molecule has 0 unspecified atom stereocenters. The zero-order valence-corrected chi connectivity index (χ0v) is 7.31. The third-order valence-electron chi connectivity index (χ3n) is 1.24. The van der Waals surface area contributed by atoms with Gasteiger partial charge in [-0.15, -0.1) is 11.3 Å². The van der Waals surface area contributed by atoms with Crippen LogP contribution in [0.5, 0.6) is 0 Å². The molecule has 1 rings (SSSR count). The minimum atomic E-state index is 1.17. The minimum Gasteiger partial charge on any atom is -0.160 e. The number of thiophene rings is 1. The van der Waals surface area contributed by atoms with Crippen LogP contribution < -0.4 is 0 Å². The number of aryl methyl sites for hydroxylation is 1. The van der Waals surface area contributed by atoms with Crippen molar-refractivity contribution < 1.29 is 0 Å². The first kappa shape index (κ1) is 7.16. The second-order valence-corrected chi connectivity index (χ2v) is 3.83. The average molecular weight is 158 g/mol. The predicted octanol–water partition coefficient (Wildman–Crippen LogP) is 2.92. The van der Waals surface area contributed by atoms with Crippen molar-refractivity contribution in [2.45, 2.75) is 12.7 Å². The van der Waals surface area contributed by atoms with Crippen LogP contribution in [-0.2, 0) is 5.75 Å². The Balaban J connectivity index is 2.69. The molecule has 2 heteroatoms. The molecule has 0 radical (unpaired) electrons. The molecule has 0 spiro atoms. The summed E-state index contributed by atoms with van der Waals surface area (Å²) in [7, 11) is 0. The topological polar surface area (TPSA) is 0 Å². The molecule has 0 aliphatic rings. The Morgan fingerprint density at radius 1 is 1.67 bits per heavy atom. The molecular formula is C7H10S2. The van der Waals surface area contributed by atoms with Gasteiger partial charge >= 0.3 is 0 Å². The van der Waals surface area contributed by atoms with E-state index in [1.807, 2.05) is 23.1 Å². The Morgan fingerprint density at radius 2 is 2.44 bits per heavy atom. The highest BCUT2D eigenvalue weighted by Crippen LogP contribution is 2.19. The van der Waals surface area contributed by atoms with Crippen LogP contribution in [0.1, 0.15) is 10.4 Å². The summed E-state index contributed by atoms with van der Waals surface area (Å²) < 4.78 is 0. The van der Waals surface area contributed by atoms with E-state index in [4.69, 9.17) is 0 Å². The van der Waals surface area contributed by atoms with Gasteiger partial charge in [0.1, 0.15) is 0 Å². The molecule has 9 heavy (non-hydrogen) atoms. The molecule has 0 aliphatic heterocycles. The van der Waals surface area contributed by atoms with E-state index < -0.39 is 0 Å². The van der Waals surface area contributed by atoms with Gasteiger partial charge in [0, 0.05) is 10.6 Å². The lowest BCUT2D eigenvalue weighted by Crippen LogP contribution is -1.74. The van der Waals surface area contributed by atoms with Crippen molar-refractivity contribution in [3.05, 3.63) is 21.9 Å². The van der Waals surface area contributed by atoms with Gasteiger partial charge in [-0.25, -0.2) is 0 Å². The van der Waals surface area contributed by atoms with Gasteiger partial charge in [0.15, 0.2) is 0 Å². The fourth-order valence-corrected chi connectivity index (χ4v) is 2.49. The van der Waals surface area contributed by atoms with Gasteiger partial charge in [-0.1, -0.05) is 0 Å². The Bertz CT molecular complexity index is 179. The van der Waals surface area contributed by atoms with Crippen molar-refractivity contribution in [3.63, 3.8) is 0 Å². The highest BCUT2D eigenvalue weighted by atomic mass is 32.2. The molecule has 0 nitrogen and oxygen atoms in total. The molecule has 1 aromatic heterocycles. The lowest BCUT2D eigenvalue weighted by atomic mass is 10.3. The Morgan fingerprint density at radius 3 is 2.89 bits per heavy atom. The summed E-state index contributed by atoms with van der Waals surface area (Å²) in [6, 6.07) is 2.18. The highest BCUT2D eigenvalue weighted by molar-refractivity contribution is 7.97. The van der Waals surface area contributed by atoms with E-state index in [1.54, 1.807) is 0 Å². The number of thioether (sulfide) groups is 1. The monoisotopic (exact) mass is 158 g/mol. The Hall–Kier alpha value is 0.0500. The van der Waals surface area contributed by atoms with Crippen molar-refractivity contribution >= 4 is 23.1 Å². The molecule has 50 valence electrons. The molecule has 0 amide bonds. The van der Waals surface area contributed by atoms with Crippen LogP contribution in [-0.4, -0.2) is 6.26 Å². The van der Waals surface area contributed by atoms with Crippen LogP contribution >= 0.6 is 23.1 Å². The molecule has 0 aliphatic carbocycles.